The molecule has 19 heavy (non-hydrogen) atoms. The van der Waals surface area contributed by atoms with Crippen LogP contribution < -0.4 is 5.32 Å². The molecule has 0 fully saturated rings. The van der Waals surface area contributed by atoms with Gasteiger partial charge in [-0.3, -0.25) is 0 Å². The third-order valence-corrected chi connectivity index (χ3v) is 2.52. The molecule has 1 aromatic heterocycles. The molecule has 1 N–H and O–H groups in total. The van der Waals surface area contributed by atoms with Crippen LogP contribution >= 0.6 is 0 Å². The molecule has 0 atom stereocenters. The van der Waals surface area contributed by atoms with Crippen molar-refractivity contribution in [1.29, 1.82) is 10.5 Å². The minimum absolute atomic E-state index is 0.245. The van der Waals surface area contributed by atoms with Crippen molar-refractivity contribution < 1.29 is 4.39 Å². The predicted octanol–water partition coefficient (Wildman–Crippen LogP) is 2.58. The first-order chi connectivity index (χ1) is 9.22. The molecule has 2 rings (SSSR count). The second-order valence-corrected chi connectivity index (χ2v) is 3.82. The zero-order chi connectivity index (χ0) is 13.7. The van der Waals surface area contributed by atoms with Crippen molar-refractivity contribution in [3.63, 3.8) is 0 Å². The summed E-state index contributed by atoms with van der Waals surface area (Å²) in [6.45, 7) is 0.428. The maximum absolute atomic E-state index is 13.0. The van der Waals surface area contributed by atoms with E-state index in [1.165, 1.54) is 18.2 Å². The molecule has 0 radical (unpaired) electrons. The molecule has 1 aromatic carbocycles. The van der Waals surface area contributed by atoms with Crippen LogP contribution in [-0.4, -0.2) is 4.98 Å². The number of aromatic nitrogens is 1. The van der Waals surface area contributed by atoms with Gasteiger partial charge in [-0.05, 0) is 35.9 Å². The van der Waals surface area contributed by atoms with Crippen LogP contribution in [-0.2, 0) is 6.54 Å². The third kappa shape index (κ3) is 3.05. The number of anilines is 1. The molecular formula is C14H9FN4. The van der Waals surface area contributed by atoms with Crippen molar-refractivity contribution in [3.05, 3.63) is 59.2 Å². The van der Waals surface area contributed by atoms with Gasteiger partial charge in [-0.25, -0.2) is 9.37 Å². The van der Waals surface area contributed by atoms with Crippen LogP contribution in [0.5, 0.6) is 0 Å². The fraction of sp³-hybridized carbons (Fsp3) is 0.0714. The van der Waals surface area contributed by atoms with Crippen molar-refractivity contribution in [1.82, 2.24) is 4.98 Å². The molecule has 0 amide bonds. The van der Waals surface area contributed by atoms with E-state index in [4.69, 9.17) is 10.5 Å². The SMILES string of the molecule is N#Cc1cc(CNc2ccc(F)cc2C#N)ccn1. The summed E-state index contributed by atoms with van der Waals surface area (Å²) >= 11 is 0. The Labute approximate surface area is 109 Å². The standard InChI is InChI=1S/C14H9FN4/c15-12-1-2-14(11(6-12)7-16)19-9-10-3-4-18-13(5-10)8-17/h1-6,19H,9H2. The van der Waals surface area contributed by atoms with Crippen LogP contribution in [0.4, 0.5) is 10.1 Å². The Kier molecular flexibility index (Phi) is 3.70. The number of rotatable bonds is 3. The molecule has 92 valence electrons. The Bertz CT molecular complexity index is 683. The van der Waals surface area contributed by atoms with E-state index >= 15 is 0 Å². The van der Waals surface area contributed by atoms with E-state index in [-0.39, 0.29) is 5.56 Å². The zero-order valence-electron chi connectivity index (χ0n) is 9.89. The van der Waals surface area contributed by atoms with Gasteiger partial charge in [0.1, 0.15) is 23.6 Å². The third-order valence-electron chi connectivity index (χ3n) is 2.52. The van der Waals surface area contributed by atoms with Gasteiger partial charge in [-0.1, -0.05) is 0 Å². The molecule has 0 aliphatic rings. The number of nitrogens with one attached hydrogen (secondary N) is 1. The zero-order valence-corrected chi connectivity index (χ0v) is 9.89. The predicted molar refractivity (Wildman–Crippen MR) is 67.4 cm³/mol. The molecule has 0 bridgehead atoms. The summed E-state index contributed by atoms with van der Waals surface area (Å²) in [4.78, 5) is 3.87. The van der Waals surface area contributed by atoms with Crippen molar-refractivity contribution in [2.45, 2.75) is 6.54 Å². The fourth-order valence-corrected chi connectivity index (χ4v) is 1.61. The number of halogens is 1. The molecular weight excluding hydrogens is 243 g/mol. The summed E-state index contributed by atoms with van der Waals surface area (Å²) in [6.07, 6.45) is 1.55. The maximum atomic E-state index is 13.0. The number of nitrogens with zero attached hydrogens (tertiary/aromatic N) is 3. The molecule has 4 nitrogen and oxygen atoms in total. The minimum atomic E-state index is -0.447. The summed E-state index contributed by atoms with van der Waals surface area (Å²) < 4.78 is 13.0. The topological polar surface area (TPSA) is 72.5 Å². The van der Waals surface area contributed by atoms with Crippen molar-refractivity contribution in [2.24, 2.45) is 0 Å². The van der Waals surface area contributed by atoms with E-state index in [1.54, 1.807) is 18.3 Å². The van der Waals surface area contributed by atoms with E-state index in [2.05, 4.69) is 10.3 Å². The number of nitriles is 2. The van der Waals surface area contributed by atoms with Crippen LogP contribution in [0.1, 0.15) is 16.8 Å². The summed E-state index contributed by atoms with van der Waals surface area (Å²) in [5.41, 5.74) is 1.99. The van der Waals surface area contributed by atoms with E-state index < -0.39 is 5.82 Å². The first-order valence-corrected chi connectivity index (χ1v) is 5.51. The molecule has 2 aromatic rings. The summed E-state index contributed by atoms with van der Waals surface area (Å²) in [6, 6.07) is 11.3. The monoisotopic (exact) mass is 252 g/mol. The molecule has 0 aliphatic carbocycles. The van der Waals surface area contributed by atoms with E-state index in [9.17, 15) is 4.39 Å². The van der Waals surface area contributed by atoms with E-state index in [1.807, 2.05) is 12.1 Å². The summed E-state index contributed by atoms with van der Waals surface area (Å²) in [5.74, 6) is -0.447. The first-order valence-electron chi connectivity index (χ1n) is 5.51. The van der Waals surface area contributed by atoms with Gasteiger partial charge < -0.3 is 5.32 Å². The van der Waals surface area contributed by atoms with Crippen LogP contribution in [0.15, 0.2) is 36.5 Å². The lowest BCUT2D eigenvalue weighted by atomic mass is 10.1. The van der Waals surface area contributed by atoms with Gasteiger partial charge in [0.2, 0.25) is 0 Å². The quantitative estimate of drug-likeness (QED) is 0.911. The molecule has 0 saturated carbocycles. The fourth-order valence-electron chi connectivity index (χ4n) is 1.61. The van der Waals surface area contributed by atoms with Gasteiger partial charge in [0, 0.05) is 12.7 Å². The Morgan fingerprint density at radius 1 is 1.16 bits per heavy atom. The maximum Gasteiger partial charge on any atom is 0.140 e. The Hall–Kier alpha value is -2.92. The highest BCUT2D eigenvalue weighted by atomic mass is 19.1. The molecule has 1 heterocycles. The van der Waals surface area contributed by atoms with Gasteiger partial charge >= 0.3 is 0 Å². The van der Waals surface area contributed by atoms with Crippen LogP contribution in [0, 0.1) is 28.5 Å². The van der Waals surface area contributed by atoms with Gasteiger partial charge in [-0.15, -0.1) is 0 Å². The Morgan fingerprint density at radius 2 is 2.00 bits per heavy atom. The van der Waals surface area contributed by atoms with Crippen molar-refractivity contribution >= 4 is 5.69 Å². The smallest absolute Gasteiger partial charge is 0.140 e. The second-order valence-electron chi connectivity index (χ2n) is 3.82. The average molecular weight is 252 g/mol. The normalized spacial score (nSPS) is 9.42. The highest BCUT2D eigenvalue weighted by molar-refractivity contribution is 5.57. The van der Waals surface area contributed by atoms with Gasteiger partial charge in [0.15, 0.2) is 0 Å². The Morgan fingerprint density at radius 3 is 2.74 bits per heavy atom. The number of hydrogen-bond donors (Lipinski definition) is 1. The molecule has 0 spiro atoms. The summed E-state index contributed by atoms with van der Waals surface area (Å²) in [5, 5.41) is 20.7. The van der Waals surface area contributed by atoms with Crippen LogP contribution in [0.2, 0.25) is 0 Å². The molecule has 0 saturated heterocycles. The highest BCUT2D eigenvalue weighted by Gasteiger charge is 2.03. The second kappa shape index (κ2) is 5.61. The van der Waals surface area contributed by atoms with Crippen LogP contribution in [0.3, 0.4) is 0 Å². The lowest BCUT2D eigenvalue weighted by Crippen LogP contribution is -2.02. The lowest BCUT2D eigenvalue weighted by Gasteiger charge is -2.08. The molecule has 0 aliphatic heterocycles. The number of pyridine rings is 1. The number of benzene rings is 1. The first kappa shape index (κ1) is 12.5. The van der Waals surface area contributed by atoms with Gasteiger partial charge in [0.25, 0.3) is 0 Å². The van der Waals surface area contributed by atoms with Gasteiger partial charge in [-0.2, -0.15) is 10.5 Å². The highest BCUT2D eigenvalue weighted by Crippen LogP contribution is 2.17. The average Bonchev–Trinajstić information content (AvgIpc) is 2.46. The van der Waals surface area contributed by atoms with Gasteiger partial charge in [0.05, 0.1) is 11.3 Å². The van der Waals surface area contributed by atoms with Crippen molar-refractivity contribution in [3.8, 4) is 12.1 Å². The largest absolute Gasteiger partial charge is 0.380 e. The minimum Gasteiger partial charge on any atom is -0.380 e. The van der Waals surface area contributed by atoms with Crippen LogP contribution in [0.25, 0.3) is 0 Å². The lowest BCUT2D eigenvalue weighted by molar-refractivity contribution is 0.627. The van der Waals surface area contributed by atoms with E-state index in [0.717, 1.165) is 5.56 Å². The number of hydrogen-bond acceptors (Lipinski definition) is 4. The van der Waals surface area contributed by atoms with E-state index in [0.29, 0.717) is 17.9 Å². The Balaban J connectivity index is 2.15. The molecule has 5 heteroatoms. The molecule has 0 unspecified atom stereocenters. The van der Waals surface area contributed by atoms with Crippen molar-refractivity contribution in [2.75, 3.05) is 5.32 Å². The summed E-state index contributed by atoms with van der Waals surface area (Å²) in [7, 11) is 0.